The van der Waals surface area contributed by atoms with Gasteiger partial charge in [0.2, 0.25) is 11.2 Å². The standard InChI is InChI=1S/C13H13ClN4O2/c1-13(2)6-7-4-3-5-8(9(7)20-13)19-12-17-10(14)16-11(15)18-12/h3-5H,6H2,1-2H3,(H2,15,16,17,18). The SMILES string of the molecule is CC1(C)Cc2cccc(Oc3nc(N)nc(Cl)n3)c2O1. The number of halogens is 1. The first kappa shape index (κ1) is 12.9. The van der Waals surface area contributed by atoms with Gasteiger partial charge in [0, 0.05) is 12.0 Å². The van der Waals surface area contributed by atoms with Crippen LogP contribution in [0, 0.1) is 0 Å². The molecule has 0 fully saturated rings. The second-order valence-electron chi connectivity index (χ2n) is 5.13. The topological polar surface area (TPSA) is 83.2 Å². The highest BCUT2D eigenvalue weighted by atomic mass is 35.5. The smallest absolute Gasteiger partial charge is 0.328 e. The van der Waals surface area contributed by atoms with E-state index in [-0.39, 0.29) is 22.8 Å². The Hall–Kier alpha value is -2.08. The Labute approximate surface area is 120 Å². The first-order valence-corrected chi connectivity index (χ1v) is 6.46. The third-order valence-electron chi connectivity index (χ3n) is 2.86. The maximum absolute atomic E-state index is 5.90. The molecule has 0 saturated heterocycles. The molecule has 0 bridgehead atoms. The van der Waals surface area contributed by atoms with E-state index >= 15 is 0 Å². The van der Waals surface area contributed by atoms with Crippen molar-refractivity contribution in [3.63, 3.8) is 0 Å². The lowest BCUT2D eigenvalue weighted by molar-refractivity contribution is 0.134. The van der Waals surface area contributed by atoms with Crippen LogP contribution in [0.1, 0.15) is 19.4 Å². The zero-order chi connectivity index (χ0) is 14.3. The number of aromatic nitrogens is 3. The highest BCUT2D eigenvalue weighted by Gasteiger charge is 2.32. The van der Waals surface area contributed by atoms with Crippen molar-refractivity contribution in [2.75, 3.05) is 5.73 Å². The van der Waals surface area contributed by atoms with Crippen LogP contribution in [0.15, 0.2) is 18.2 Å². The number of rotatable bonds is 2. The average molecular weight is 293 g/mol. The number of fused-ring (bicyclic) bond motifs is 1. The number of hydrogen-bond donors (Lipinski definition) is 1. The Balaban J connectivity index is 1.95. The molecule has 1 aromatic heterocycles. The van der Waals surface area contributed by atoms with Gasteiger partial charge < -0.3 is 15.2 Å². The van der Waals surface area contributed by atoms with Gasteiger partial charge in [-0.05, 0) is 31.5 Å². The van der Waals surface area contributed by atoms with Crippen molar-refractivity contribution in [2.45, 2.75) is 25.9 Å². The molecule has 0 aliphatic carbocycles. The molecule has 20 heavy (non-hydrogen) atoms. The molecule has 2 aromatic rings. The summed E-state index contributed by atoms with van der Waals surface area (Å²) in [4.78, 5) is 11.4. The fourth-order valence-corrected chi connectivity index (χ4v) is 2.32. The molecule has 0 spiro atoms. The van der Waals surface area contributed by atoms with E-state index in [4.69, 9.17) is 26.8 Å². The Morgan fingerprint density at radius 2 is 2.10 bits per heavy atom. The van der Waals surface area contributed by atoms with E-state index in [9.17, 15) is 0 Å². The molecule has 0 atom stereocenters. The summed E-state index contributed by atoms with van der Waals surface area (Å²) in [6, 6.07) is 5.73. The van der Waals surface area contributed by atoms with E-state index in [2.05, 4.69) is 15.0 Å². The van der Waals surface area contributed by atoms with Gasteiger partial charge in [0.1, 0.15) is 5.60 Å². The normalized spacial score (nSPS) is 15.6. The summed E-state index contributed by atoms with van der Waals surface area (Å²) in [5.41, 5.74) is 6.34. The van der Waals surface area contributed by atoms with E-state index < -0.39 is 0 Å². The van der Waals surface area contributed by atoms with Gasteiger partial charge in [-0.2, -0.15) is 15.0 Å². The molecule has 1 aliphatic rings. The molecule has 1 aliphatic heterocycles. The van der Waals surface area contributed by atoms with Crippen LogP contribution < -0.4 is 15.2 Å². The van der Waals surface area contributed by atoms with Crippen LogP contribution >= 0.6 is 11.6 Å². The molecule has 7 heteroatoms. The third kappa shape index (κ3) is 2.46. The minimum Gasteiger partial charge on any atom is -0.483 e. The Bertz CT molecular complexity index is 655. The number of ether oxygens (including phenoxy) is 2. The summed E-state index contributed by atoms with van der Waals surface area (Å²) in [6.45, 7) is 4.04. The maximum atomic E-state index is 5.90. The molecule has 1 aromatic carbocycles. The van der Waals surface area contributed by atoms with Crippen LogP contribution in [0.5, 0.6) is 17.5 Å². The number of nitrogen functional groups attached to an aromatic ring is 1. The largest absolute Gasteiger partial charge is 0.483 e. The summed E-state index contributed by atoms with van der Waals surface area (Å²) >= 11 is 5.73. The van der Waals surface area contributed by atoms with E-state index in [1.165, 1.54) is 0 Å². The fourth-order valence-electron chi connectivity index (χ4n) is 2.16. The molecule has 104 valence electrons. The second-order valence-corrected chi connectivity index (χ2v) is 5.47. The quantitative estimate of drug-likeness (QED) is 0.916. The summed E-state index contributed by atoms with van der Waals surface area (Å²) in [5.74, 6) is 1.25. The van der Waals surface area contributed by atoms with Crippen molar-refractivity contribution >= 4 is 17.5 Å². The van der Waals surface area contributed by atoms with Gasteiger partial charge in [0.05, 0.1) is 0 Å². The number of hydrogen-bond acceptors (Lipinski definition) is 6. The van der Waals surface area contributed by atoms with Crippen LogP contribution in [0.3, 0.4) is 0 Å². The highest BCUT2D eigenvalue weighted by molar-refractivity contribution is 6.28. The molecule has 0 radical (unpaired) electrons. The zero-order valence-corrected chi connectivity index (χ0v) is 11.8. The Morgan fingerprint density at radius 3 is 2.85 bits per heavy atom. The first-order chi connectivity index (χ1) is 9.43. The van der Waals surface area contributed by atoms with E-state index in [0.717, 1.165) is 12.0 Å². The zero-order valence-electron chi connectivity index (χ0n) is 11.1. The molecular formula is C13H13ClN4O2. The summed E-state index contributed by atoms with van der Waals surface area (Å²) in [5, 5.41) is -0.0127. The van der Waals surface area contributed by atoms with Crippen LogP contribution in [-0.4, -0.2) is 20.6 Å². The number of para-hydroxylation sites is 1. The van der Waals surface area contributed by atoms with Gasteiger partial charge in [-0.3, -0.25) is 0 Å². The number of benzene rings is 1. The number of nitrogens with two attached hydrogens (primary N) is 1. The monoisotopic (exact) mass is 292 g/mol. The minimum absolute atomic E-state index is 0.00817. The fraction of sp³-hybridized carbons (Fsp3) is 0.308. The van der Waals surface area contributed by atoms with Crippen molar-refractivity contribution in [1.29, 1.82) is 0 Å². The van der Waals surface area contributed by atoms with Crippen LogP contribution in [0.25, 0.3) is 0 Å². The highest BCUT2D eigenvalue weighted by Crippen LogP contribution is 2.42. The van der Waals surface area contributed by atoms with Gasteiger partial charge in [-0.25, -0.2) is 0 Å². The molecule has 3 rings (SSSR count). The maximum Gasteiger partial charge on any atom is 0.328 e. The van der Waals surface area contributed by atoms with Gasteiger partial charge >= 0.3 is 6.01 Å². The van der Waals surface area contributed by atoms with Crippen molar-refractivity contribution in [1.82, 2.24) is 15.0 Å². The Morgan fingerprint density at radius 1 is 1.30 bits per heavy atom. The lowest BCUT2D eigenvalue weighted by Crippen LogP contribution is -2.24. The van der Waals surface area contributed by atoms with E-state index in [1.54, 1.807) is 6.07 Å². The van der Waals surface area contributed by atoms with Crippen molar-refractivity contribution in [2.24, 2.45) is 0 Å². The van der Waals surface area contributed by atoms with Gasteiger partial charge in [-0.15, -0.1) is 0 Å². The van der Waals surface area contributed by atoms with E-state index in [1.807, 2.05) is 26.0 Å². The summed E-state index contributed by atoms with van der Waals surface area (Å²) in [7, 11) is 0. The molecule has 0 saturated carbocycles. The summed E-state index contributed by atoms with van der Waals surface area (Å²) < 4.78 is 11.5. The van der Waals surface area contributed by atoms with Crippen LogP contribution in [0.2, 0.25) is 5.28 Å². The van der Waals surface area contributed by atoms with Crippen molar-refractivity contribution in [3.05, 3.63) is 29.0 Å². The van der Waals surface area contributed by atoms with Crippen molar-refractivity contribution < 1.29 is 9.47 Å². The average Bonchev–Trinajstić information content (AvgIpc) is 2.63. The molecular weight excluding hydrogens is 280 g/mol. The molecule has 2 N–H and O–H groups in total. The number of anilines is 1. The van der Waals surface area contributed by atoms with E-state index in [0.29, 0.717) is 11.5 Å². The van der Waals surface area contributed by atoms with Crippen molar-refractivity contribution in [3.8, 4) is 17.5 Å². The Kier molecular flexibility index (Phi) is 2.90. The van der Waals surface area contributed by atoms with Gasteiger partial charge in [0.25, 0.3) is 0 Å². The third-order valence-corrected chi connectivity index (χ3v) is 3.03. The molecule has 2 heterocycles. The van der Waals surface area contributed by atoms with Crippen LogP contribution in [0.4, 0.5) is 5.95 Å². The van der Waals surface area contributed by atoms with Crippen LogP contribution in [-0.2, 0) is 6.42 Å². The number of nitrogens with zero attached hydrogens (tertiary/aromatic N) is 3. The lowest BCUT2D eigenvalue weighted by atomic mass is 10.0. The minimum atomic E-state index is -0.252. The molecule has 0 unspecified atom stereocenters. The van der Waals surface area contributed by atoms with Gasteiger partial charge in [-0.1, -0.05) is 12.1 Å². The molecule has 6 nitrogen and oxygen atoms in total. The predicted molar refractivity (Wildman–Crippen MR) is 74.2 cm³/mol. The molecule has 0 amide bonds. The second kappa shape index (κ2) is 4.49. The van der Waals surface area contributed by atoms with Gasteiger partial charge in [0.15, 0.2) is 11.5 Å². The summed E-state index contributed by atoms with van der Waals surface area (Å²) in [6.07, 6.45) is 0.819. The first-order valence-electron chi connectivity index (χ1n) is 6.09. The predicted octanol–water partition coefficient (Wildman–Crippen LogP) is 2.61. The lowest BCUT2D eigenvalue weighted by Gasteiger charge is -2.17.